The fourth-order valence-electron chi connectivity index (χ4n) is 2.92. The molecule has 1 heterocycles. The highest BCUT2D eigenvalue weighted by Crippen LogP contribution is 2.20. The molecule has 112 valence electrons. The molecule has 0 aromatic heterocycles. The zero-order valence-electron chi connectivity index (χ0n) is 12.7. The van der Waals surface area contributed by atoms with Crippen molar-refractivity contribution < 1.29 is 0 Å². The highest BCUT2D eigenvalue weighted by molar-refractivity contribution is 6.30. The lowest BCUT2D eigenvalue weighted by atomic mass is 10.0. The van der Waals surface area contributed by atoms with Crippen LogP contribution >= 0.6 is 11.6 Å². The van der Waals surface area contributed by atoms with E-state index in [4.69, 9.17) is 17.3 Å². The molecule has 1 aliphatic rings. The molecule has 0 amide bonds. The average Bonchev–Trinajstić information content (AvgIpc) is 2.42. The van der Waals surface area contributed by atoms with E-state index in [1.165, 1.54) is 0 Å². The van der Waals surface area contributed by atoms with Crippen LogP contribution in [0, 0.1) is 0 Å². The molecule has 4 heteroatoms. The summed E-state index contributed by atoms with van der Waals surface area (Å²) >= 11 is 6.02. The first-order chi connectivity index (χ1) is 9.47. The normalized spacial score (nSPS) is 26.6. The summed E-state index contributed by atoms with van der Waals surface area (Å²) in [6, 6.07) is 9.19. The Bertz CT molecular complexity index is 425. The molecule has 1 fully saturated rings. The summed E-state index contributed by atoms with van der Waals surface area (Å²) < 4.78 is 0. The monoisotopic (exact) mass is 295 g/mol. The van der Waals surface area contributed by atoms with Crippen LogP contribution in [0.2, 0.25) is 5.02 Å². The minimum absolute atomic E-state index is 0.0685. The smallest absolute Gasteiger partial charge is 0.0409 e. The second-order valence-electron chi connectivity index (χ2n) is 6.07. The van der Waals surface area contributed by atoms with Gasteiger partial charge in [0.25, 0.3) is 0 Å². The van der Waals surface area contributed by atoms with Crippen molar-refractivity contribution in [2.75, 3.05) is 26.7 Å². The molecule has 3 nitrogen and oxygen atoms in total. The fraction of sp³-hybridized carbons (Fsp3) is 0.625. The van der Waals surface area contributed by atoms with Crippen LogP contribution in [0.25, 0.3) is 0 Å². The number of piperazine rings is 1. The van der Waals surface area contributed by atoms with Crippen LogP contribution in [0.5, 0.6) is 0 Å². The molecule has 1 aromatic rings. The van der Waals surface area contributed by atoms with E-state index in [1.807, 2.05) is 18.2 Å². The molecule has 0 aliphatic carbocycles. The van der Waals surface area contributed by atoms with Crippen molar-refractivity contribution in [2.45, 2.75) is 38.4 Å². The van der Waals surface area contributed by atoms with Crippen molar-refractivity contribution in [1.29, 1.82) is 0 Å². The van der Waals surface area contributed by atoms with Crippen molar-refractivity contribution in [3.05, 3.63) is 34.9 Å². The topological polar surface area (TPSA) is 32.5 Å². The van der Waals surface area contributed by atoms with E-state index < -0.39 is 0 Å². The molecule has 1 aromatic carbocycles. The Morgan fingerprint density at radius 1 is 1.30 bits per heavy atom. The molecule has 0 bridgehead atoms. The number of halogens is 1. The zero-order chi connectivity index (χ0) is 14.7. The molecule has 20 heavy (non-hydrogen) atoms. The Balaban J connectivity index is 1.86. The third kappa shape index (κ3) is 3.95. The van der Waals surface area contributed by atoms with Crippen LogP contribution in [0.1, 0.15) is 31.9 Å². The van der Waals surface area contributed by atoms with E-state index in [0.29, 0.717) is 12.1 Å². The van der Waals surface area contributed by atoms with Gasteiger partial charge in [-0.1, -0.05) is 23.7 Å². The maximum atomic E-state index is 6.28. The predicted molar refractivity (Wildman–Crippen MR) is 86.1 cm³/mol. The number of nitrogens with two attached hydrogens (primary N) is 1. The summed E-state index contributed by atoms with van der Waals surface area (Å²) in [5.74, 6) is 0. The fourth-order valence-corrected chi connectivity index (χ4v) is 3.12. The lowest BCUT2D eigenvalue weighted by Gasteiger charge is -2.42. The summed E-state index contributed by atoms with van der Waals surface area (Å²) in [7, 11) is 2.21. The van der Waals surface area contributed by atoms with Crippen LogP contribution in [0.4, 0.5) is 0 Å². The van der Waals surface area contributed by atoms with Gasteiger partial charge in [-0.25, -0.2) is 0 Å². The van der Waals surface area contributed by atoms with E-state index in [9.17, 15) is 0 Å². The number of rotatable bonds is 4. The average molecular weight is 296 g/mol. The van der Waals surface area contributed by atoms with Gasteiger partial charge in [0.2, 0.25) is 0 Å². The van der Waals surface area contributed by atoms with Gasteiger partial charge in [-0.3, -0.25) is 4.90 Å². The van der Waals surface area contributed by atoms with E-state index in [1.54, 1.807) is 0 Å². The lowest BCUT2D eigenvalue weighted by molar-refractivity contribution is 0.0584. The zero-order valence-corrected chi connectivity index (χ0v) is 13.5. The number of hydrogen-bond donors (Lipinski definition) is 1. The lowest BCUT2D eigenvalue weighted by Crippen LogP contribution is -2.55. The third-order valence-electron chi connectivity index (χ3n) is 4.47. The first-order valence-electron chi connectivity index (χ1n) is 7.42. The van der Waals surface area contributed by atoms with Crippen LogP contribution < -0.4 is 5.73 Å². The molecule has 3 unspecified atom stereocenters. The Morgan fingerprint density at radius 2 is 1.95 bits per heavy atom. The molecule has 2 N–H and O–H groups in total. The van der Waals surface area contributed by atoms with Crippen LogP contribution in [0.15, 0.2) is 24.3 Å². The number of benzene rings is 1. The van der Waals surface area contributed by atoms with Gasteiger partial charge in [-0.2, -0.15) is 0 Å². The van der Waals surface area contributed by atoms with Crippen molar-refractivity contribution in [1.82, 2.24) is 9.80 Å². The molecule has 1 aliphatic heterocycles. The van der Waals surface area contributed by atoms with E-state index >= 15 is 0 Å². The first-order valence-corrected chi connectivity index (χ1v) is 7.80. The molecule has 1 saturated heterocycles. The van der Waals surface area contributed by atoms with Crippen LogP contribution in [-0.4, -0.2) is 48.6 Å². The Morgan fingerprint density at radius 3 is 2.55 bits per heavy atom. The van der Waals surface area contributed by atoms with Crippen molar-refractivity contribution in [3.63, 3.8) is 0 Å². The van der Waals surface area contributed by atoms with Crippen LogP contribution in [-0.2, 0) is 0 Å². The van der Waals surface area contributed by atoms with Gasteiger partial charge in [0, 0.05) is 42.8 Å². The standard InChI is InChI=1S/C16H26ClN3/c1-12-10-20(11-13(2)19(12)3)8-7-16(18)14-5-4-6-15(17)9-14/h4-6,9,12-13,16H,7-8,10-11,18H2,1-3H3. The quantitative estimate of drug-likeness (QED) is 0.927. The minimum Gasteiger partial charge on any atom is -0.324 e. The Hall–Kier alpha value is -0.610. The summed E-state index contributed by atoms with van der Waals surface area (Å²) in [6.45, 7) is 7.89. The molecule has 0 radical (unpaired) electrons. The second kappa shape index (κ2) is 6.90. The Kier molecular flexibility index (Phi) is 5.44. The van der Waals surface area contributed by atoms with Crippen molar-refractivity contribution in [3.8, 4) is 0 Å². The summed E-state index contributed by atoms with van der Waals surface area (Å²) in [6.07, 6.45) is 0.976. The predicted octanol–water partition coefficient (Wildman–Crippen LogP) is 2.75. The van der Waals surface area contributed by atoms with Gasteiger partial charge in [0.05, 0.1) is 0 Å². The van der Waals surface area contributed by atoms with Gasteiger partial charge >= 0.3 is 0 Å². The molecular weight excluding hydrogens is 270 g/mol. The molecule has 0 spiro atoms. The van der Waals surface area contributed by atoms with E-state index in [2.05, 4.69) is 36.8 Å². The molecule has 0 saturated carbocycles. The maximum absolute atomic E-state index is 6.28. The summed E-state index contributed by atoms with van der Waals surface area (Å²) in [5.41, 5.74) is 7.41. The minimum atomic E-state index is 0.0685. The highest BCUT2D eigenvalue weighted by atomic mass is 35.5. The second-order valence-corrected chi connectivity index (χ2v) is 6.51. The molecular formula is C16H26ClN3. The van der Waals surface area contributed by atoms with Crippen LogP contribution in [0.3, 0.4) is 0 Å². The largest absolute Gasteiger partial charge is 0.324 e. The number of likely N-dealkylation sites (N-methyl/N-ethyl adjacent to an activating group) is 1. The van der Waals surface area contributed by atoms with Gasteiger partial charge in [0.1, 0.15) is 0 Å². The highest BCUT2D eigenvalue weighted by Gasteiger charge is 2.26. The molecule has 2 rings (SSSR count). The maximum Gasteiger partial charge on any atom is 0.0409 e. The summed E-state index contributed by atoms with van der Waals surface area (Å²) in [4.78, 5) is 4.98. The van der Waals surface area contributed by atoms with Gasteiger partial charge in [0.15, 0.2) is 0 Å². The van der Waals surface area contributed by atoms with Gasteiger partial charge in [-0.05, 0) is 45.0 Å². The SMILES string of the molecule is CC1CN(CCC(N)c2cccc(Cl)c2)CC(C)N1C. The van der Waals surface area contributed by atoms with Crippen molar-refractivity contribution in [2.24, 2.45) is 5.73 Å². The number of hydrogen-bond acceptors (Lipinski definition) is 3. The van der Waals surface area contributed by atoms with E-state index in [-0.39, 0.29) is 6.04 Å². The first kappa shape index (κ1) is 15.8. The third-order valence-corrected chi connectivity index (χ3v) is 4.70. The van der Waals surface area contributed by atoms with Gasteiger partial charge < -0.3 is 10.6 Å². The summed E-state index contributed by atoms with van der Waals surface area (Å²) in [5, 5.41) is 0.764. The van der Waals surface area contributed by atoms with Crippen molar-refractivity contribution >= 4 is 11.6 Å². The number of nitrogens with zero attached hydrogens (tertiary/aromatic N) is 2. The molecule has 3 atom stereocenters. The van der Waals surface area contributed by atoms with E-state index in [0.717, 1.165) is 36.6 Å². The Labute approximate surface area is 127 Å². The van der Waals surface area contributed by atoms with Gasteiger partial charge in [-0.15, -0.1) is 0 Å².